The fourth-order valence-electron chi connectivity index (χ4n) is 4.01. The molecule has 1 aliphatic rings. The van der Waals surface area contributed by atoms with Crippen molar-refractivity contribution >= 4 is 40.5 Å². The van der Waals surface area contributed by atoms with E-state index in [1.165, 1.54) is 23.5 Å². The fourth-order valence-corrected chi connectivity index (χ4v) is 4.75. The first-order valence-corrected chi connectivity index (χ1v) is 11.6. The van der Waals surface area contributed by atoms with Crippen LogP contribution in [0.2, 0.25) is 0 Å². The fraction of sp³-hybridized carbons (Fsp3) is 0.217. The van der Waals surface area contributed by atoms with Gasteiger partial charge in [-0.25, -0.2) is 13.8 Å². The molecule has 0 bridgehead atoms. The Balaban J connectivity index is 0.00000289. The van der Waals surface area contributed by atoms with Gasteiger partial charge in [-0.05, 0) is 49.2 Å². The SMILES string of the molecule is Cl.N=C(N)N1CCC[C@H]1Cc1nc(-c2ccc(Nc3nc(-c4cc(F)cc(F)c4)cs3)cc2)no1. The monoisotopic (exact) mass is 517 g/mol. The van der Waals surface area contributed by atoms with Crippen LogP contribution in [-0.4, -0.2) is 38.6 Å². The Morgan fingerprint density at radius 1 is 1.14 bits per heavy atom. The Hall–Kier alpha value is -3.57. The third kappa shape index (κ3) is 5.57. The van der Waals surface area contributed by atoms with E-state index in [0.29, 0.717) is 34.5 Å². The second-order valence-electron chi connectivity index (χ2n) is 7.99. The van der Waals surface area contributed by atoms with Crippen molar-refractivity contribution in [3.05, 3.63) is 65.4 Å². The second kappa shape index (κ2) is 10.4. The third-order valence-corrected chi connectivity index (χ3v) is 6.38. The Kier molecular flexibility index (Phi) is 7.27. The molecule has 35 heavy (non-hydrogen) atoms. The van der Waals surface area contributed by atoms with Crippen molar-refractivity contribution in [2.45, 2.75) is 25.3 Å². The van der Waals surface area contributed by atoms with Gasteiger partial charge >= 0.3 is 0 Å². The van der Waals surface area contributed by atoms with Crippen LogP contribution in [0.4, 0.5) is 19.6 Å². The summed E-state index contributed by atoms with van der Waals surface area (Å²) in [6.45, 7) is 0.773. The average Bonchev–Trinajstić information content (AvgIpc) is 3.55. The molecule has 182 valence electrons. The Morgan fingerprint density at radius 2 is 1.89 bits per heavy atom. The zero-order valence-electron chi connectivity index (χ0n) is 18.4. The van der Waals surface area contributed by atoms with Gasteiger partial charge < -0.3 is 20.5 Å². The minimum Gasteiger partial charge on any atom is -0.370 e. The molecule has 1 saturated heterocycles. The molecule has 2 aromatic carbocycles. The van der Waals surface area contributed by atoms with Gasteiger partial charge in [-0.15, -0.1) is 23.7 Å². The van der Waals surface area contributed by atoms with E-state index < -0.39 is 11.6 Å². The van der Waals surface area contributed by atoms with Gasteiger partial charge in [0, 0.05) is 47.3 Å². The summed E-state index contributed by atoms with van der Waals surface area (Å²) in [5.41, 5.74) is 8.12. The number of rotatable bonds is 6. The predicted molar refractivity (Wildman–Crippen MR) is 133 cm³/mol. The first-order valence-electron chi connectivity index (χ1n) is 10.7. The van der Waals surface area contributed by atoms with Crippen molar-refractivity contribution in [1.29, 1.82) is 5.41 Å². The summed E-state index contributed by atoms with van der Waals surface area (Å²) < 4.78 is 32.4. The van der Waals surface area contributed by atoms with Gasteiger partial charge in [-0.1, -0.05) is 5.16 Å². The molecule has 1 fully saturated rings. The Morgan fingerprint density at radius 3 is 2.60 bits per heavy atom. The number of hydrogen-bond acceptors (Lipinski definition) is 7. The molecule has 0 radical (unpaired) electrons. The van der Waals surface area contributed by atoms with Crippen molar-refractivity contribution in [2.75, 3.05) is 11.9 Å². The number of thiazole rings is 1. The number of guanidine groups is 1. The van der Waals surface area contributed by atoms with Crippen LogP contribution in [0.1, 0.15) is 18.7 Å². The molecule has 12 heteroatoms. The van der Waals surface area contributed by atoms with Gasteiger partial charge in [0.2, 0.25) is 11.7 Å². The molecule has 8 nitrogen and oxygen atoms in total. The van der Waals surface area contributed by atoms with E-state index in [9.17, 15) is 8.78 Å². The van der Waals surface area contributed by atoms with Crippen LogP contribution in [0.15, 0.2) is 52.4 Å². The highest BCUT2D eigenvalue weighted by atomic mass is 35.5. The van der Waals surface area contributed by atoms with Gasteiger partial charge in [0.05, 0.1) is 5.69 Å². The normalized spacial score (nSPS) is 15.1. The standard InChI is InChI=1S/C23H21F2N7OS.ClH/c24-15-8-14(9-16(25)10-15)19-12-34-23(29-19)28-17-5-3-13(4-6-17)21-30-20(33-31-21)11-18-2-1-7-32(18)22(26)27;/h3-6,8-10,12,18H,1-2,7,11H2,(H3,26,27)(H,28,29);1H/t18-;/m0./s1. The highest BCUT2D eigenvalue weighted by Crippen LogP contribution is 2.29. The molecule has 0 saturated carbocycles. The van der Waals surface area contributed by atoms with E-state index in [2.05, 4.69) is 20.4 Å². The number of likely N-dealkylation sites (tertiary alicyclic amines) is 1. The maximum Gasteiger partial charge on any atom is 0.229 e. The first-order chi connectivity index (χ1) is 16.4. The molecule has 0 spiro atoms. The lowest BCUT2D eigenvalue weighted by Gasteiger charge is -2.23. The second-order valence-corrected chi connectivity index (χ2v) is 8.85. The maximum absolute atomic E-state index is 13.5. The van der Waals surface area contributed by atoms with Crippen LogP contribution >= 0.6 is 23.7 Å². The number of nitrogens with zero attached hydrogens (tertiary/aromatic N) is 4. The molecule has 0 unspecified atom stereocenters. The highest BCUT2D eigenvalue weighted by molar-refractivity contribution is 7.14. The van der Waals surface area contributed by atoms with Crippen LogP contribution in [0.25, 0.3) is 22.6 Å². The van der Waals surface area contributed by atoms with E-state index in [1.54, 1.807) is 5.38 Å². The number of hydrogen-bond donors (Lipinski definition) is 3. The molecule has 4 N–H and O–H groups in total. The van der Waals surface area contributed by atoms with Gasteiger partial charge in [0.1, 0.15) is 11.6 Å². The summed E-state index contributed by atoms with van der Waals surface area (Å²) in [6, 6.07) is 10.9. The minimum absolute atomic E-state index is 0. The minimum atomic E-state index is -0.642. The first kappa shape index (κ1) is 24.6. The quantitative estimate of drug-likeness (QED) is 0.237. The van der Waals surface area contributed by atoms with E-state index in [0.717, 1.165) is 36.7 Å². The molecule has 0 amide bonds. The van der Waals surface area contributed by atoms with Gasteiger partial charge in [0.25, 0.3) is 0 Å². The van der Waals surface area contributed by atoms with Crippen molar-refractivity contribution < 1.29 is 13.3 Å². The summed E-state index contributed by atoms with van der Waals surface area (Å²) in [5.74, 6) is -0.215. The summed E-state index contributed by atoms with van der Waals surface area (Å²) >= 11 is 1.34. The Bertz CT molecular complexity index is 1310. The molecule has 3 heterocycles. The van der Waals surface area contributed by atoms with Crippen molar-refractivity contribution in [3.8, 4) is 22.6 Å². The molecular formula is C23H22ClF2N7OS. The number of aromatic nitrogens is 3. The smallest absolute Gasteiger partial charge is 0.229 e. The van der Waals surface area contributed by atoms with Crippen molar-refractivity contribution in [1.82, 2.24) is 20.0 Å². The molecule has 5 rings (SSSR count). The number of nitrogens with two attached hydrogens (primary N) is 1. The molecule has 4 aromatic rings. The lowest BCUT2D eigenvalue weighted by molar-refractivity contribution is 0.320. The number of anilines is 2. The van der Waals surface area contributed by atoms with Gasteiger partial charge in [-0.2, -0.15) is 4.98 Å². The summed E-state index contributed by atoms with van der Waals surface area (Å²) in [7, 11) is 0. The number of nitrogens with one attached hydrogen (secondary N) is 2. The lowest BCUT2D eigenvalue weighted by atomic mass is 10.1. The third-order valence-electron chi connectivity index (χ3n) is 5.62. The van der Waals surface area contributed by atoms with Crippen molar-refractivity contribution in [2.24, 2.45) is 5.73 Å². The summed E-state index contributed by atoms with van der Waals surface area (Å²) in [6.07, 6.45) is 2.47. The number of halogens is 3. The van der Waals surface area contributed by atoms with Gasteiger partial charge in [0.15, 0.2) is 11.1 Å². The van der Waals surface area contributed by atoms with E-state index >= 15 is 0 Å². The predicted octanol–water partition coefficient (Wildman–Crippen LogP) is 5.20. The molecule has 2 aromatic heterocycles. The maximum atomic E-state index is 13.5. The van der Waals surface area contributed by atoms with E-state index in [1.807, 2.05) is 29.2 Å². The lowest BCUT2D eigenvalue weighted by Crippen LogP contribution is -2.41. The summed E-state index contributed by atoms with van der Waals surface area (Å²) in [4.78, 5) is 10.8. The molecule has 1 atom stereocenters. The van der Waals surface area contributed by atoms with E-state index in [4.69, 9.17) is 15.7 Å². The zero-order chi connectivity index (χ0) is 23.7. The van der Waals surface area contributed by atoms with Crippen LogP contribution in [-0.2, 0) is 6.42 Å². The number of benzene rings is 2. The van der Waals surface area contributed by atoms with Crippen LogP contribution in [0.5, 0.6) is 0 Å². The van der Waals surface area contributed by atoms with Gasteiger partial charge in [-0.3, -0.25) is 5.41 Å². The molecule has 0 aliphatic carbocycles. The van der Waals surface area contributed by atoms with Crippen LogP contribution < -0.4 is 11.1 Å². The topological polar surface area (TPSA) is 117 Å². The molecule has 1 aliphatic heterocycles. The average molecular weight is 518 g/mol. The Labute approximate surface area is 210 Å². The largest absolute Gasteiger partial charge is 0.370 e. The van der Waals surface area contributed by atoms with E-state index in [-0.39, 0.29) is 24.4 Å². The highest BCUT2D eigenvalue weighted by Gasteiger charge is 2.27. The van der Waals surface area contributed by atoms with Crippen LogP contribution in [0, 0.1) is 17.0 Å². The summed E-state index contributed by atoms with van der Waals surface area (Å²) in [5, 5.41) is 17.3. The molecular weight excluding hydrogens is 496 g/mol. The van der Waals surface area contributed by atoms with Crippen molar-refractivity contribution in [3.63, 3.8) is 0 Å². The van der Waals surface area contributed by atoms with Crippen LogP contribution in [0.3, 0.4) is 0 Å². The zero-order valence-corrected chi connectivity index (χ0v) is 20.0.